The zero-order valence-electron chi connectivity index (χ0n) is 7.53. The van der Waals surface area contributed by atoms with E-state index in [4.69, 9.17) is 0 Å². The van der Waals surface area contributed by atoms with Crippen molar-refractivity contribution in [2.75, 3.05) is 0 Å². The monoisotopic (exact) mass is 213 g/mol. The van der Waals surface area contributed by atoms with Crippen LogP contribution in [0.4, 0.5) is 4.39 Å². The van der Waals surface area contributed by atoms with E-state index in [0.29, 0.717) is 12.8 Å². The van der Waals surface area contributed by atoms with E-state index < -0.39 is 15.7 Å². The van der Waals surface area contributed by atoms with Gasteiger partial charge in [-0.2, -0.15) is 0 Å². The lowest BCUT2D eigenvalue weighted by atomic mass is 10.00. The maximum absolute atomic E-state index is 12.8. The Bertz CT molecular complexity index is 435. The Kier molecular flexibility index (Phi) is 2.31. The van der Waals surface area contributed by atoms with Crippen molar-refractivity contribution in [3.8, 4) is 0 Å². The number of rotatable bonds is 2. The highest BCUT2D eigenvalue weighted by Crippen LogP contribution is 2.30. The molecule has 0 atom stereocenters. The van der Waals surface area contributed by atoms with Crippen molar-refractivity contribution >= 4 is 9.84 Å². The van der Waals surface area contributed by atoms with Crippen LogP contribution in [-0.4, -0.2) is 13.7 Å². The van der Waals surface area contributed by atoms with E-state index in [2.05, 4.69) is 6.07 Å². The van der Waals surface area contributed by atoms with Gasteiger partial charge in [-0.3, -0.25) is 0 Å². The van der Waals surface area contributed by atoms with Crippen LogP contribution in [-0.2, 0) is 9.84 Å². The Morgan fingerprint density at radius 2 is 2.14 bits per heavy atom. The summed E-state index contributed by atoms with van der Waals surface area (Å²) in [5.74, 6) is -0.620. The minimum Gasteiger partial charge on any atom is -0.223 e. The molecule has 1 aromatic rings. The molecule has 0 aliphatic heterocycles. The summed E-state index contributed by atoms with van der Waals surface area (Å²) in [6, 6.07) is 6.03. The van der Waals surface area contributed by atoms with Crippen LogP contribution in [0, 0.1) is 11.9 Å². The average molecular weight is 213 g/mol. The molecule has 1 radical (unpaired) electrons. The summed E-state index contributed by atoms with van der Waals surface area (Å²) < 4.78 is 36.3. The van der Waals surface area contributed by atoms with Crippen LogP contribution < -0.4 is 0 Å². The second-order valence-electron chi connectivity index (χ2n) is 3.47. The van der Waals surface area contributed by atoms with Gasteiger partial charge in [-0.15, -0.1) is 0 Å². The fourth-order valence-electron chi connectivity index (χ4n) is 1.47. The standard InChI is InChI=1S/C10H10FO2S/c11-8-3-1-6-10(7-8)14(12,13)9-4-2-5-9/h1,6-7,9H,2,4-5H2. The molecule has 1 aliphatic rings. The van der Waals surface area contributed by atoms with Gasteiger partial charge in [0.2, 0.25) is 0 Å². The Balaban J connectivity index is 2.38. The van der Waals surface area contributed by atoms with Crippen molar-refractivity contribution in [2.45, 2.75) is 29.4 Å². The molecule has 0 heterocycles. The highest BCUT2D eigenvalue weighted by atomic mass is 32.2. The van der Waals surface area contributed by atoms with Crippen LogP contribution >= 0.6 is 0 Å². The smallest absolute Gasteiger partial charge is 0.181 e. The molecular formula is C10H10FO2S. The van der Waals surface area contributed by atoms with E-state index >= 15 is 0 Å². The highest BCUT2D eigenvalue weighted by molar-refractivity contribution is 7.92. The van der Waals surface area contributed by atoms with Gasteiger partial charge in [0.05, 0.1) is 10.1 Å². The summed E-state index contributed by atoms with van der Waals surface area (Å²) in [6.45, 7) is 0. The number of hydrogen-bond acceptors (Lipinski definition) is 2. The number of halogens is 1. The van der Waals surface area contributed by atoms with Gasteiger partial charge >= 0.3 is 0 Å². The zero-order chi connectivity index (χ0) is 10.2. The summed E-state index contributed by atoms with van der Waals surface area (Å²) in [5.41, 5.74) is 0. The quantitative estimate of drug-likeness (QED) is 0.752. The van der Waals surface area contributed by atoms with Crippen molar-refractivity contribution in [1.29, 1.82) is 0 Å². The largest absolute Gasteiger partial charge is 0.223 e. The molecule has 2 nitrogen and oxygen atoms in total. The molecule has 2 rings (SSSR count). The van der Waals surface area contributed by atoms with Crippen LogP contribution in [0.2, 0.25) is 0 Å². The third kappa shape index (κ3) is 1.54. The van der Waals surface area contributed by atoms with Crippen LogP contribution in [0.3, 0.4) is 0 Å². The first kappa shape index (κ1) is 9.65. The van der Waals surface area contributed by atoms with Crippen LogP contribution in [0.15, 0.2) is 23.1 Å². The van der Waals surface area contributed by atoms with Gasteiger partial charge in [-0.1, -0.05) is 12.5 Å². The van der Waals surface area contributed by atoms with E-state index in [1.54, 1.807) is 0 Å². The lowest BCUT2D eigenvalue weighted by molar-refractivity contribution is 0.476. The molecule has 75 valence electrons. The Morgan fingerprint density at radius 3 is 2.64 bits per heavy atom. The first-order chi connectivity index (χ1) is 6.60. The molecule has 0 unspecified atom stereocenters. The number of hydrogen-bond donors (Lipinski definition) is 0. The molecule has 1 fully saturated rings. The molecule has 0 spiro atoms. The SMILES string of the molecule is O=S(=O)(c1cc[c]c(F)c1)C1CCC1. The van der Waals surface area contributed by atoms with Gasteiger partial charge in [0.15, 0.2) is 9.84 Å². The maximum atomic E-state index is 12.8. The van der Waals surface area contributed by atoms with Crippen molar-refractivity contribution in [2.24, 2.45) is 0 Å². The molecule has 1 aliphatic carbocycles. The molecular weight excluding hydrogens is 203 g/mol. The molecule has 14 heavy (non-hydrogen) atoms. The first-order valence-corrected chi connectivity index (χ1v) is 6.06. The summed E-state index contributed by atoms with van der Waals surface area (Å²) in [7, 11) is -3.28. The topological polar surface area (TPSA) is 34.1 Å². The van der Waals surface area contributed by atoms with Crippen LogP contribution in [0.25, 0.3) is 0 Å². The Hall–Kier alpha value is -0.900. The fraction of sp³-hybridized carbons (Fsp3) is 0.400. The van der Waals surface area contributed by atoms with E-state index in [9.17, 15) is 12.8 Å². The normalized spacial score (nSPS) is 17.8. The molecule has 1 saturated carbocycles. The average Bonchev–Trinajstić information content (AvgIpc) is 2.00. The van der Waals surface area contributed by atoms with Gasteiger partial charge in [-0.25, -0.2) is 12.8 Å². The minimum absolute atomic E-state index is 0.0819. The summed E-state index contributed by atoms with van der Waals surface area (Å²) in [4.78, 5) is 0.0819. The van der Waals surface area contributed by atoms with Crippen molar-refractivity contribution in [1.82, 2.24) is 0 Å². The molecule has 0 saturated heterocycles. The van der Waals surface area contributed by atoms with Gasteiger partial charge in [0, 0.05) is 6.07 Å². The molecule has 0 bridgehead atoms. The van der Waals surface area contributed by atoms with E-state index in [1.807, 2.05) is 0 Å². The van der Waals surface area contributed by atoms with Crippen molar-refractivity contribution in [3.63, 3.8) is 0 Å². The molecule has 1 aromatic carbocycles. The van der Waals surface area contributed by atoms with E-state index in [0.717, 1.165) is 12.5 Å². The van der Waals surface area contributed by atoms with Gasteiger partial charge < -0.3 is 0 Å². The summed E-state index contributed by atoms with van der Waals surface area (Å²) >= 11 is 0. The fourth-order valence-corrected chi connectivity index (χ4v) is 3.33. The highest BCUT2D eigenvalue weighted by Gasteiger charge is 2.32. The second-order valence-corrected chi connectivity index (χ2v) is 5.70. The third-order valence-corrected chi connectivity index (χ3v) is 4.82. The van der Waals surface area contributed by atoms with Gasteiger partial charge in [0.1, 0.15) is 5.82 Å². The van der Waals surface area contributed by atoms with Crippen molar-refractivity contribution in [3.05, 3.63) is 30.1 Å². The number of sulfone groups is 1. The van der Waals surface area contributed by atoms with Crippen molar-refractivity contribution < 1.29 is 12.8 Å². The van der Waals surface area contributed by atoms with Gasteiger partial charge in [-0.05, 0) is 25.0 Å². The van der Waals surface area contributed by atoms with Gasteiger partial charge in [0.25, 0.3) is 0 Å². The Morgan fingerprint density at radius 1 is 1.43 bits per heavy atom. The number of benzene rings is 1. The molecule has 4 heteroatoms. The predicted molar refractivity (Wildman–Crippen MR) is 50.1 cm³/mol. The third-order valence-electron chi connectivity index (χ3n) is 2.56. The summed E-state index contributed by atoms with van der Waals surface area (Å²) in [6.07, 6.45) is 2.34. The maximum Gasteiger partial charge on any atom is 0.181 e. The Labute approximate surface area is 82.7 Å². The van der Waals surface area contributed by atoms with Crippen LogP contribution in [0.5, 0.6) is 0 Å². The second kappa shape index (κ2) is 3.35. The van der Waals surface area contributed by atoms with Crippen LogP contribution in [0.1, 0.15) is 19.3 Å². The summed E-state index contributed by atoms with van der Waals surface area (Å²) in [5, 5.41) is -0.302. The molecule has 0 aromatic heterocycles. The molecule has 0 N–H and O–H groups in total. The first-order valence-electron chi connectivity index (χ1n) is 4.52. The zero-order valence-corrected chi connectivity index (χ0v) is 8.35. The lowest BCUT2D eigenvalue weighted by Gasteiger charge is -2.25. The van der Waals surface area contributed by atoms with E-state index in [-0.39, 0.29) is 10.1 Å². The lowest BCUT2D eigenvalue weighted by Crippen LogP contribution is -2.28. The van der Waals surface area contributed by atoms with E-state index in [1.165, 1.54) is 12.1 Å². The predicted octanol–water partition coefficient (Wildman–Crippen LogP) is 1.95. The minimum atomic E-state index is -3.28. The molecule has 0 amide bonds.